The van der Waals surface area contributed by atoms with Crippen LogP contribution in [-0.2, 0) is 19.1 Å². The second kappa shape index (κ2) is 4.92. The van der Waals surface area contributed by atoms with E-state index in [1.807, 2.05) is 13.0 Å². The van der Waals surface area contributed by atoms with Crippen LogP contribution in [0.2, 0.25) is 0 Å². The van der Waals surface area contributed by atoms with Gasteiger partial charge < -0.3 is 9.47 Å². The normalized spacial score (nSPS) is 24.2. The zero-order chi connectivity index (χ0) is 12.3. The molecule has 1 rings (SSSR count). The van der Waals surface area contributed by atoms with Crippen LogP contribution >= 0.6 is 0 Å². The fourth-order valence-corrected chi connectivity index (χ4v) is 1.62. The van der Waals surface area contributed by atoms with Crippen LogP contribution in [-0.4, -0.2) is 37.9 Å². The lowest BCUT2D eigenvalue weighted by Gasteiger charge is -2.21. The largest absolute Gasteiger partial charge is 0.467 e. The molecular weight excluding hydrogens is 210 g/mol. The lowest BCUT2D eigenvalue weighted by molar-refractivity contribution is -0.141. The highest BCUT2D eigenvalue weighted by atomic mass is 16.5. The summed E-state index contributed by atoms with van der Waals surface area (Å²) in [5.41, 5.74) is 1.04. The van der Waals surface area contributed by atoms with Crippen LogP contribution in [0.1, 0.15) is 13.8 Å². The summed E-state index contributed by atoms with van der Waals surface area (Å²) >= 11 is 0. The van der Waals surface area contributed by atoms with Crippen LogP contribution in [0.15, 0.2) is 16.6 Å². The Morgan fingerprint density at radius 1 is 1.31 bits per heavy atom. The van der Waals surface area contributed by atoms with E-state index in [1.54, 1.807) is 6.92 Å². The van der Waals surface area contributed by atoms with E-state index in [0.717, 1.165) is 5.57 Å². The standard InChI is InChI=1S/C11H15NO4/c1-6-5-7(2)9(11(14)16-4)12-8(6)10(13)15-3/h5-6,9H,1-4H3. The molecule has 0 amide bonds. The smallest absolute Gasteiger partial charge is 0.352 e. The number of carbonyl (C=O) groups excluding carboxylic acids is 2. The summed E-state index contributed by atoms with van der Waals surface area (Å²) in [4.78, 5) is 26.9. The number of carbonyl (C=O) groups is 2. The number of esters is 2. The van der Waals surface area contributed by atoms with E-state index in [4.69, 9.17) is 0 Å². The Kier molecular flexibility index (Phi) is 3.82. The monoisotopic (exact) mass is 225 g/mol. The first kappa shape index (κ1) is 12.4. The van der Waals surface area contributed by atoms with Gasteiger partial charge in [0, 0.05) is 5.92 Å². The van der Waals surface area contributed by atoms with Crippen LogP contribution < -0.4 is 0 Å². The molecular formula is C11H15NO4. The molecule has 0 fully saturated rings. The first-order valence-corrected chi connectivity index (χ1v) is 4.93. The Labute approximate surface area is 94.1 Å². The van der Waals surface area contributed by atoms with Gasteiger partial charge in [0.25, 0.3) is 0 Å². The van der Waals surface area contributed by atoms with Gasteiger partial charge in [-0.1, -0.05) is 13.0 Å². The molecule has 1 aliphatic heterocycles. The third-order valence-corrected chi connectivity index (χ3v) is 2.46. The first-order valence-electron chi connectivity index (χ1n) is 4.93. The number of dihydropyridines is 1. The number of hydrogen-bond acceptors (Lipinski definition) is 5. The number of aliphatic imine (C=N–C) groups is 1. The van der Waals surface area contributed by atoms with Crippen LogP contribution in [0, 0.1) is 5.92 Å². The Morgan fingerprint density at radius 2 is 1.94 bits per heavy atom. The van der Waals surface area contributed by atoms with Crippen molar-refractivity contribution in [1.82, 2.24) is 0 Å². The van der Waals surface area contributed by atoms with E-state index >= 15 is 0 Å². The molecule has 0 aromatic rings. The van der Waals surface area contributed by atoms with Gasteiger partial charge in [-0.3, -0.25) is 4.99 Å². The summed E-state index contributed by atoms with van der Waals surface area (Å²) < 4.78 is 9.22. The lowest BCUT2D eigenvalue weighted by Crippen LogP contribution is -2.33. The third-order valence-electron chi connectivity index (χ3n) is 2.46. The van der Waals surface area contributed by atoms with E-state index < -0.39 is 18.0 Å². The molecule has 0 spiro atoms. The maximum absolute atomic E-state index is 11.4. The van der Waals surface area contributed by atoms with Crippen molar-refractivity contribution in [3.8, 4) is 0 Å². The Bertz CT molecular complexity index is 370. The molecule has 2 atom stereocenters. The average molecular weight is 225 g/mol. The summed E-state index contributed by atoms with van der Waals surface area (Å²) in [6, 6.07) is -0.727. The van der Waals surface area contributed by atoms with Crippen molar-refractivity contribution in [1.29, 1.82) is 0 Å². The molecule has 0 aromatic carbocycles. The summed E-state index contributed by atoms with van der Waals surface area (Å²) in [5.74, 6) is -1.12. The molecule has 5 nitrogen and oxygen atoms in total. The number of nitrogens with zero attached hydrogens (tertiary/aromatic N) is 1. The molecule has 5 heteroatoms. The van der Waals surface area contributed by atoms with Gasteiger partial charge in [-0.2, -0.15) is 0 Å². The maximum Gasteiger partial charge on any atom is 0.352 e. The van der Waals surface area contributed by atoms with Gasteiger partial charge in [0.2, 0.25) is 0 Å². The molecule has 16 heavy (non-hydrogen) atoms. The quantitative estimate of drug-likeness (QED) is 0.513. The summed E-state index contributed by atoms with van der Waals surface area (Å²) in [6.45, 7) is 3.61. The van der Waals surface area contributed by atoms with Crippen LogP contribution in [0.5, 0.6) is 0 Å². The minimum atomic E-state index is -0.727. The second-order valence-electron chi connectivity index (χ2n) is 3.63. The van der Waals surface area contributed by atoms with Crippen molar-refractivity contribution in [2.24, 2.45) is 10.9 Å². The molecule has 88 valence electrons. The Balaban J connectivity index is 3.02. The van der Waals surface area contributed by atoms with Gasteiger partial charge in [0.05, 0.1) is 14.2 Å². The van der Waals surface area contributed by atoms with Crippen LogP contribution in [0.3, 0.4) is 0 Å². The Morgan fingerprint density at radius 3 is 2.44 bits per heavy atom. The highest BCUT2D eigenvalue weighted by Gasteiger charge is 2.30. The fraction of sp³-hybridized carbons (Fsp3) is 0.545. The van der Waals surface area contributed by atoms with Gasteiger partial charge in [0.1, 0.15) is 5.71 Å². The second-order valence-corrected chi connectivity index (χ2v) is 3.63. The lowest BCUT2D eigenvalue weighted by atomic mass is 9.95. The number of rotatable bonds is 2. The van der Waals surface area contributed by atoms with Crippen molar-refractivity contribution >= 4 is 17.7 Å². The molecule has 0 N–H and O–H groups in total. The molecule has 0 saturated carbocycles. The van der Waals surface area contributed by atoms with E-state index in [1.165, 1.54) is 14.2 Å². The van der Waals surface area contributed by atoms with Crippen molar-refractivity contribution in [3.05, 3.63) is 11.6 Å². The number of methoxy groups -OCH3 is 2. The van der Waals surface area contributed by atoms with Gasteiger partial charge in [-0.25, -0.2) is 9.59 Å². The van der Waals surface area contributed by atoms with Gasteiger partial charge in [-0.15, -0.1) is 0 Å². The highest BCUT2D eigenvalue weighted by Crippen LogP contribution is 2.20. The average Bonchev–Trinajstić information content (AvgIpc) is 2.27. The van der Waals surface area contributed by atoms with Crippen molar-refractivity contribution in [2.45, 2.75) is 19.9 Å². The van der Waals surface area contributed by atoms with E-state index in [9.17, 15) is 9.59 Å². The first-order chi connectivity index (χ1) is 7.51. The van der Waals surface area contributed by atoms with E-state index in [2.05, 4.69) is 14.5 Å². The minimum absolute atomic E-state index is 0.145. The molecule has 0 aliphatic carbocycles. The molecule has 0 aromatic heterocycles. The third kappa shape index (κ3) is 2.29. The van der Waals surface area contributed by atoms with E-state index in [-0.39, 0.29) is 11.6 Å². The van der Waals surface area contributed by atoms with Crippen molar-refractivity contribution in [3.63, 3.8) is 0 Å². The van der Waals surface area contributed by atoms with Crippen molar-refractivity contribution in [2.75, 3.05) is 14.2 Å². The zero-order valence-electron chi connectivity index (χ0n) is 9.81. The molecule has 1 heterocycles. The predicted molar refractivity (Wildman–Crippen MR) is 58.2 cm³/mol. The van der Waals surface area contributed by atoms with Gasteiger partial charge in [0.15, 0.2) is 6.04 Å². The number of allylic oxidation sites excluding steroid dienone is 1. The molecule has 1 aliphatic rings. The summed E-state index contributed by atoms with van der Waals surface area (Å²) in [5, 5.41) is 0. The molecule has 2 unspecified atom stereocenters. The van der Waals surface area contributed by atoms with Crippen LogP contribution in [0.25, 0.3) is 0 Å². The summed E-state index contributed by atoms with van der Waals surface area (Å²) in [7, 11) is 2.58. The fourth-order valence-electron chi connectivity index (χ4n) is 1.62. The van der Waals surface area contributed by atoms with Gasteiger partial charge in [-0.05, 0) is 12.5 Å². The Hall–Kier alpha value is -1.65. The zero-order valence-corrected chi connectivity index (χ0v) is 9.81. The van der Waals surface area contributed by atoms with Crippen molar-refractivity contribution < 1.29 is 19.1 Å². The number of ether oxygens (including phenoxy) is 2. The highest BCUT2D eigenvalue weighted by molar-refractivity contribution is 6.38. The van der Waals surface area contributed by atoms with Crippen LogP contribution in [0.4, 0.5) is 0 Å². The predicted octanol–water partition coefficient (Wildman–Crippen LogP) is 0.738. The topological polar surface area (TPSA) is 65.0 Å². The maximum atomic E-state index is 11.4. The summed E-state index contributed by atoms with van der Waals surface area (Å²) in [6.07, 6.45) is 1.82. The minimum Gasteiger partial charge on any atom is -0.467 e. The molecule has 0 bridgehead atoms. The number of hydrogen-bond donors (Lipinski definition) is 0. The van der Waals surface area contributed by atoms with E-state index in [0.29, 0.717) is 0 Å². The molecule has 0 radical (unpaired) electrons. The molecule has 0 saturated heterocycles. The van der Waals surface area contributed by atoms with Gasteiger partial charge >= 0.3 is 11.9 Å². The SMILES string of the molecule is COC(=O)C1=NC(C(=O)OC)C(C)=CC1C.